The van der Waals surface area contributed by atoms with Crippen LogP contribution in [-0.4, -0.2) is 69.2 Å². The van der Waals surface area contributed by atoms with E-state index in [9.17, 15) is 9.59 Å². The smallest absolute Gasteiger partial charge is 0.337 e. The quantitative estimate of drug-likeness (QED) is 0.680. The monoisotopic (exact) mass is 450 g/mol. The number of ether oxygens (including phenoxy) is 1. The summed E-state index contributed by atoms with van der Waals surface area (Å²) >= 11 is 0. The van der Waals surface area contributed by atoms with E-state index in [-0.39, 0.29) is 17.9 Å². The van der Waals surface area contributed by atoms with Crippen molar-refractivity contribution in [2.24, 2.45) is 0 Å². The largest absolute Gasteiger partial charge is 0.465 e. The van der Waals surface area contributed by atoms with Crippen LogP contribution in [0.2, 0.25) is 0 Å². The normalized spacial score (nSPS) is 18.9. The number of methoxy groups -OCH3 is 1. The number of nitrogens with one attached hydrogen (secondary N) is 1. The lowest BCUT2D eigenvalue weighted by Crippen LogP contribution is -2.53. The van der Waals surface area contributed by atoms with Crippen molar-refractivity contribution in [2.75, 3.05) is 61.5 Å². The Kier molecular flexibility index (Phi) is 7.18. The number of carbonyl (C=O) groups excluding carboxylic acids is 2. The Bertz CT molecular complexity index is 986. The summed E-state index contributed by atoms with van der Waals surface area (Å²) in [4.78, 5) is 31.3. The number of rotatable bonds is 6. The second kappa shape index (κ2) is 10.3. The van der Waals surface area contributed by atoms with E-state index in [0.717, 1.165) is 49.7 Å². The van der Waals surface area contributed by atoms with Gasteiger partial charge in [0.1, 0.15) is 0 Å². The van der Waals surface area contributed by atoms with Crippen LogP contribution in [-0.2, 0) is 9.53 Å². The Balaban J connectivity index is 1.30. The van der Waals surface area contributed by atoms with Gasteiger partial charge in [-0.2, -0.15) is 0 Å². The standard InChI is InChI=1S/C26H34N4O3/c1-19-16-23(28-12-4-5-13-28)10-11-24(19)27-25(31)18-29-14-15-30(17-20(29)2)22-8-6-21(7-9-22)26(32)33-3/h6-11,16,20H,4-5,12-15,17-18H2,1-3H3,(H,27,31). The van der Waals surface area contributed by atoms with Crippen LogP contribution < -0.4 is 15.1 Å². The molecule has 4 rings (SSSR count). The molecule has 2 aliphatic rings. The zero-order valence-corrected chi connectivity index (χ0v) is 19.8. The molecule has 7 nitrogen and oxygen atoms in total. The molecule has 0 spiro atoms. The number of aryl methyl sites for hydroxylation is 1. The van der Waals surface area contributed by atoms with Crippen molar-refractivity contribution >= 4 is 28.9 Å². The van der Waals surface area contributed by atoms with E-state index >= 15 is 0 Å². The van der Waals surface area contributed by atoms with Gasteiger partial charge in [-0.25, -0.2) is 4.79 Å². The molecule has 2 aromatic rings. The molecule has 1 amide bonds. The van der Waals surface area contributed by atoms with Crippen LogP contribution >= 0.6 is 0 Å². The number of nitrogens with zero attached hydrogens (tertiary/aromatic N) is 3. The molecule has 0 saturated carbocycles. The molecule has 2 heterocycles. The Labute approximate surface area is 196 Å². The van der Waals surface area contributed by atoms with E-state index in [1.54, 1.807) is 12.1 Å². The van der Waals surface area contributed by atoms with Gasteiger partial charge in [-0.15, -0.1) is 0 Å². The van der Waals surface area contributed by atoms with E-state index in [1.807, 2.05) is 18.2 Å². The summed E-state index contributed by atoms with van der Waals surface area (Å²) in [6.45, 7) is 9.28. The zero-order valence-electron chi connectivity index (χ0n) is 19.8. The lowest BCUT2D eigenvalue weighted by Gasteiger charge is -2.40. The lowest BCUT2D eigenvalue weighted by atomic mass is 10.1. The van der Waals surface area contributed by atoms with Crippen molar-refractivity contribution in [2.45, 2.75) is 32.7 Å². The highest BCUT2D eigenvalue weighted by molar-refractivity contribution is 5.93. The van der Waals surface area contributed by atoms with E-state index in [4.69, 9.17) is 4.74 Å². The number of anilines is 3. The molecule has 0 aliphatic carbocycles. The Morgan fingerprint density at radius 1 is 0.970 bits per heavy atom. The predicted molar refractivity (Wildman–Crippen MR) is 132 cm³/mol. The molecule has 1 atom stereocenters. The Morgan fingerprint density at radius 3 is 2.30 bits per heavy atom. The molecule has 176 valence electrons. The van der Waals surface area contributed by atoms with Crippen LogP contribution in [0, 0.1) is 6.92 Å². The third-order valence-electron chi connectivity index (χ3n) is 6.72. The number of piperazine rings is 1. The fraction of sp³-hybridized carbons (Fsp3) is 0.462. The van der Waals surface area contributed by atoms with Gasteiger partial charge < -0.3 is 19.9 Å². The molecule has 1 unspecified atom stereocenters. The summed E-state index contributed by atoms with van der Waals surface area (Å²) in [5, 5.41) is 3.10. The highest BCUT2D eigenvalue weighted by atomic mass is 16.5. The minimum Gasteiger partial charge on any atom is -0.465 e. The summed E-state index contributed by atoms with van der Waals surface area (Å²) in [7, 11) is 1.39. The van der Waals surface area contributed by atoms with Gasteiger partial charge in [0.15, 0.2) is 0 Å². The van der Waals surface area contributed by atoms with Gasteiger partial charge in [0.05, 0.1) is 19.2 Å². The second-order valence-electron chi connectivity index (χ2n) is 9.05. The molecular formula is C26H34N4O3. The molecule has 2 aliphatic heterocycles. The summed E-state index contributed by atoms with van der Waals surface area (Å²) in [6.07, 6.45) is 2.50. The number of amides is 1. The van der Waals surface area contributed by atoms with Gasteiger partial charge >= 0.3 is 5.97 Å². The number of hydrogen-bond donors (Lipinski definition) is 1. The van der Waals surface area contributed by atoms with Crippen LogP contribution in [0.15, 0.2) is 42.5 Å². The van der Waals surface area contributed by atoms with Gasteiger partial charge in [-0.05, 0) is 74.7 Å². The topological polar surface area (TPSA) is 65.1 Å². The van der Waals surface area contributed by atoms with Crippen molar-refractivity contribution in [3.63, 3.8) is 0 Å². The maximum atomic E-state index is 12.8. The maximum Gasteiger partial charge on any atom is 0.337 e. The molecule has 7 heteroatoms. The minimum atomic E-state index is -0.327. The van der Waals surface area contributed by atoms with Gasteiger partial charge in [0.2, 0.25) is 5.91 Å². The fourth-order valence-corrected chi connectivity index (χ4v) is 4.73. The summed E-state index contributed by atoms with van der Waals surface area (Å²) in [6, 6.07) is 14.1. The highest BCUT2D eigenvalue weighted by Gasteiger charge is 2.26. The third kappa shape index (κ3) is 5.47. The van der Waals surface area contributed by atoms with E-state index < -0.39 is 0 Å². The molecule has 2 fully saturated rings. The third-order valence-corrected chi connectivity index (χ3v) is 6.72. The molecule has 0 aromatic heterocycles. The number of esters is 1. The molecular weight excluding hydrogens is 416 g/mol. The van der Waals surface area contributed by atoms with E-state index in [2.05, 4.69) is 46.0 Å². The highest BCUT2D eigenvalue weighted by Crippen LogP contribution is 2.26. The average molecular weight is 451 g/mol. The zero-order chi connectivity index (χ0) is 23.4. The maximum absolute atomic E-state index is 12.8. The van der Waals surface area contributed by atoms with Crippen molar-refractivity contribution in [1.29, 1.82) is 0 Å². The fourth-order valence-electron chi connectivity index (χ4n) is 4.73. The molecule has 0 bridgehead atoms. The van der Waals surface area contributed by atoms with E-state index in [0.29, 0.717) is 12.1 Å². The molecule has 2 aromatic carbocycles. The number of carbonyl (C=O) groups is 2. The first-order valence-electron chi connectivity index (χ1n) is 11.8. The van der Waals surface area contributed by atoms with Crippen LogP contribution in [0.4, 0.5) is 17.1 Å². The molecule has 0 radical (unpaired) electrons. The van der Waals surface area contributed by atoms with Crippen molar-refractivity contribution in [3.05, 3.63) is 53.6 Å². The van der Waals surface area contributed by atoms with Crippen molar-refractivity contribution in [3.8, 4) is 0 Å². The van der Waals surface area contributed by atoms with E-state index in [1.165, 1.54) is 25.6 Å². The first-order chi connectivity index (χ1) is 15.9. The molecule has 2 saturated heterocycles. The van der Waals surface area contributed by atoms with Gasteiger partial charge in [0, 0.05) is 55.8 Å². The second-order valence-corrected chi connectivity index (χ2v) is 9.05. The van der Waals surface area contributed by atoms with Gasteiger partial charge in [0.25, 0.3) is 0 Å². The van der Waals surface area contributed by atoms with Crippen molar-refractivity contribution < 1.29 is 14.3 Å². The molecule has 1 N–H and O–H groups in total. The number of hydrogen-bond acceptors (Lipinski definition) is 6. The van der Waals surface area contributed by atoms with Crippen LogP contribution in [0.3, 0.4) is 0 Å². The summed E-state index contributed by atoms with van der Waals surface area (Å²) in [5.74, 6) is -0.304. The van der Waals surface area contributed by atoms with Crippen LogP contribution in [0.1, 0.15) is 35.7 Å². The Hall–Kier alpha value is -3.06. The Morgan fingerprint density at radius 2 is 1.67 bits per heavy atom. The first kappa shape index (κ1) is 23.1. The number of benzene rings is 2. The SMILES string of the molecule is COC(=O)c1ccc(N2CCN(CC(=O)Nc3ccc(N4CCCC4)cc3C)C(C)C2)cc1. The summed E-state index contributed by atoms with van der Waals surface area (Å²) in [5.41, 5.74) is 4.86. The van der Waals surface area contributed by atoms with Crippen LogP contribution in [0.5, 0.6) is 0 Å². The van der Waals surface area contributed by atoms with Gasteiger partial charge in [-0.3, -0.25) is 9.69 Å². The van der Waals surface area contributed by atoms with Crippen molar-refractivity contribution in [1.82, 2.24) is 4.90 Å². The predicted octanol–water partition coefficient (Wildman–Crippen LogP) is 3.53. The summed E-state index contributed by atoms with van der Waals surface area (Å²) < 4.78 is 4.77. The molecule has 33 heavy (non-hydrogen) atoms. The first-order valence-corrected chi connectivity index (χ1v) is 11.8. The van der Waals surface area contributed by atoms with Gasteiger partial charge in [-0.1, -0.05) is 0 Å². The minimum absolute atomic E-state index is 0.0229. The average Bonchev–Trinajstić information content (AvgIpc) is 3.36. The van der Waals surface area contributed by atoms with Crippen LogP contribution in [0.25, 0.3) is 0 Å². The lowest BCUT2D eigenvalue weighted by molar-refractivity contribution is -0.117.